The third kappa shape index (κ3) is 2.71. The van der Waals surface area contributed by atoms with Gasteiger partial charge >= 0.3 is 0 Å². The monoisotopic (exact) mass is 286 g/mol. The highest BCUT2D eigenvalue weighted by Gasteiger charge is 2.38. The molecule has 0 radical (unpaired) electrons. The average Bonchev–Trinajstić information content (AvgIpc) is 2.78. The summed E-state index contributed by atoms with van der Waals surface area (Å²) >= 11 is 0. The first-order valence-corrected chi connectivity index (χ1v) is 8.14. The van der Waals surface area contributed by atoms with Gasteiger partial charge in [0.25, 0.3) is 0 Å². The van der Waals surface area contributed by atoms with E-state index in [1.54, 1.807) is 0 Å². The van der Waals surface area contributed by atoms with Crippen LogP contribution >= 0.6 is 0 Å². The van der Waals surface area contributed by atoms with Gasteiger partial charge in [-0.1, -0.05) is 31.2 Å². The van der Waals surface area contributed by atoms with Crippen LogP contribution in [0.25, 0.3) is 0 Å². The Morgan fingerprint density at radius 1 is 1.33 bits per heavy atom. The Kier molecular flexibility index (Phi) is 4.03. The number of amides is 1. The number of aryl methyl sites for hydroxylation is 1. The Balaban J connectivity index is 1.71. The average molecular weight is 286 g/mol. The van der Waals surface area contributed by atoms with Crippen molar-refractivity contribution in [1.29, 1.82) is 0 Å². The topological polar surface area (TPSA) is 32.3 Å². The van der Waals surface area contributed by atoms with Crippen molar-refractivity contribution in [2.24, 2.45) is 11.8 Å². The molecule has 3 atom stereocenters. The van der Waals surface area contributed by atoms with Crippen molar-refractivity contribution in [3.05, 3.63) is 35.4 Å². The first kappa shape index (κ1) is 14.6. The lowest BCUT2D eigenvalue weighted by atomic mass is 9.88. The molecule has 1 N–H and O–H groups in total. The number of rotatable bonds is 3. The van der Waals surface area contributed by atoms with E-state index in [1.807, 2.05) is 0 Å². The van der Waals surface area contributed by atoms with E-state index in [-0.39, 0.29) is 5.92 Å². The van der Waals surface area contributed by atoms with E-state index in [1.165, 1.54) is 11.1 Å². The van der Waals surface area contributed by atoms with Crippen LogP contribution in [0.5, 0.6) is 0 Å². The molecule has 1 aromatic carbocycles. The fraction of sp³-hybridized carbons (Fsp3) is 0.611. The summed E-state index contributed by atoms with van der Waals surface area (Å²) in [7, 11) is 0. The molecule has 2 heterocycles. The Labute approximate surface area is 127 Å². The third-order valence-electron chi connectivity index (χ3n) is 5.40. The number of likely N-dealkylation sites (tertiary alicyclic amines) is 1. The Bertz CT molecular complexity index is 524. The minimum atomic E-state index is 0.157. The second-order valence-corrected chi connectivity index (χ2v) is 6.84. The minimum absolute atomic E-state index is 0.157. The summed E-state index contributed by atoms with van der Waals surface area (Å²) in [6.45, 7) is 9.35. The zero-order valence-electron chi connectivity index (χ0n) is 13.3. The fourth-order valence-electron chi connectivity index (χ4n) is 3.74. The van der Waals surface area contributed by atoms with Gasteiger partial charge in [-0.2, -0.15) is 0 Å². The second-order valence-electron chi connectivity index (χ2n) is 6.84. The molecule has 0 spiro atoms. The van der Waals surface area contributed by atoms with E-state index < -0.39 is 0 Å². The van der Waals surface area contributed by atoms with Crippen LogP contribution in [0.4, 0.5) is 0 Å². The van der Waals surface area contributed by atoms with Gasteiger partial charge in [-0.15, -0.1) is 0 Å². The van der Waals surface area contributed by atoms with Crippen molar-refractivity contribution in [2.75, 3.05) is 19.6 Å². The molecular formula is C18H26N2O. The largest absolute Gasteiger partial charge is 0.339 e. The molecule has 2 aliphatic rings. The van der Waals surface area contributed by atoms with Crippen LogP contribution in [0.2, 0.25) is 0 Å². The van der Waals surface area contributed by atoms with Gasteiger partial charge in [0.15, 0.2) is 0 Å². The summed E-state index contributed by atoms with van der Waals surface area (Å²) < 4.78 is 0. The van der Waals surface area contributed by atoms with Gasteiger partial charge in [0.1, 0.15) is 0 Å². The number of hydrogen-bond donors (Lipinski definition) is 1. The fourth-order valence-corrected chi connectivity index (χ4v) is 3.74. The summed E-state index contributed by atoms with van der Waals surface area (Å²) in [5.74, 6) is 1.54. The Morgan fingerprint density at radius 3 is 2.67 bits per heavy atom. The normalized spacial score (nSPS) is 27.5. The van der Waals surface area contributed by atoms with Gasteiger partial charge in [0.05, 0.1) is 0 Å². The van der Waals surface area contributed by atoms with E-state index in [4.69, 9.17) is 0 Å². The van der Waals surface area contributed by atoms with Crippen LogP contribution in [-0.4, -0.2) is 36.5 Å². The number of carbonyl (C=O) groups is 1. The van der Waals surface area contributed by atoms with E-state index in [0.717, 1.165) is 26.1 Å². The maximum Gasteiger partial charge on any atom is 0.226 e. The molecule has 0 saturated carbocycles. The summed E-state index contributed by atoms with van der Waals surface area (Å²) in [5.41, 5.74) is 2.76. The lowest BCUT2D eigenvalue weighted by Crippen LogP contribution is -2.51. The first-order chi connectivity index (χ1) is 10.1. The number of hydrogen-bond acceptors (Lipinski definition) is 2. The Hall–Kier alpha value is -1.35. The molecule has 0 aliphatic carbocycles. The van der Waals surface area contributed by atoms with Crippen LogP contribution in [0.1, 0.15) is 37.3 Å². The molecule has 2 saturated heterocycles. The molecule has 1 amide bonds. The lowest BCUT2D eigenvalue weighted by molar-refractivity contribution is -0.138. The molecule has 0 aromatic heterocycles. The van der Waals surface area contributed by atoms with Crippen molar-refractivity contribution >= 4 is 5.91 Å². The molecule has 21 heavy (non-hydrogen) atoms. The number of nitrogens with zero attached hydrogens (tertiary/aromatic N) is 1. The summed E-state index contributed by atoms with van der Waals surface area (Å²) in [6.07, 6.45) is 1.09. The standard InChI is InChI=1S/C18H26N2O/c1-12-6-4-5-7-17(12)15-8-13(2)20(11-15)18(21)14(3)16-9-19-10-16/h4-7,13-16,19H,8-11H2,1-3H3. The molecule has 3 unspecified atom stereocenters. The van der Waals surface area contributed by atoms with Crippen molar-refractivity contribution in [3.8, 4) is 0 Å². The maximum absolute atomic E-state index is 12.7. The minimum Gasteiger partial charge on any atom is -0.339 e. The SMILES string of the molecule is Cc1ccccc1C1CC(C)N(C(=O)C(C)C2CNC2)C1. The number of benzene rings is 1. The van der Waals surface area contributed by atoms with E-state index >= 15 is 0 Å². The lowest BCUT2D eigenvalue weighted by Gasteiger charge is -2.35. The summed E-state index contributed by atoms with van der Waals surface area (Å²) in [5, 5.41) is 3.27. The van der Waals surface area contributed by atoms with Crippen molar-refractivity contribution in [2.45, 2.75) is 39.2 Å². The van der Waals surface area contributed by atoms with Crippen LogP contribution in [0.3, 0.4) is 0 Å². The summed E-state index contributed by atoms with van der Waals surface area (Å²) in [6, 6.07) is 8.96. The van der Waals surface area contributed by atoms with Gasteiger partial charge < -0.3 is 10.2 Å². The van der Waals surface area contributed by atoms with Gasteiger partial charge in [-0.25, -0.2) is 0 Å². The van der Waals surface area contributed by atoms with E-state index in [2.05, 4.69) is 55.3 Å². The molecule has 2 fully saturated rings. The van der Waals surface area contributed by atoms with Crippen molar-refractivity contribution in [1.82, 2.24) is 10.2 Å². The molecule has 3 nitrogen and oxygen atoms in total. The predicted octanol–water partition coefficient (Wildman–Crippen LogP) is 2.55. The zero-order chi connectivity index (χ0) is 15.0. The highest BCUT2D eigenvalue weighted by Crippen LogP contribution is 2.34. The highest BCUT2D eigenvalue weighted by atomic mass is 16.2. The molecule has 1 aromatic rings. The van der Waals surface area contributed by atoms with E-state index in [9.17, 15) is 4.79 Å². The van der Waals surface area contributed by atoms with Crippen molar-refractivity contribution < 1.29 is 4.79 Å². The predicted molar refractivity (Wildman–Crippen MR) is 85.2 cm³/mol. The molecule has 2 aliphatic heterocycles. The van der Waals surface area contributed by atoms with Crippen LogP contribution in [0.15, 0.2) is 24.3 Å². The van der Waals surface area contributed by atoms with Crippen LogP contribution in [0, 0.1) is 18.8 Å². The first-order valence-electron chi connectivity index (χ1n) is 8.14. The van der Waals surface area contributed by atoms with Gasteiger partial charge in [-0.05, 0) is 50.4 Å². The smallest absolute Gasteiger partial charge is 0.226 e. The van der Waals surface area contributed by atoms with Crippen LogP contribution in [-0.2, 0) is 4.79 Å². The number of nitrogens with one attached hydrogen (secondary N) is 1. The van der Waals surface area contributed by atoms with E-state index in [0.29, 0.717) is 23.8 Å². The highest BCUT2D eigenvalue weighted by molar-refractivity contribution is 5.79. The molecule has 3 heteroatoms. The van der Waals surface area contributed by atoms with Crippen LogP contribution < -0.4 is 5.32 Å². The zero-order valence-corrected chi connectivity index (χ0v) is 13.3. The molecule has 114 valence electrons. The Morgan fingerprint density at radius 2 is 2.05 bits per heavy atom. The van der Waals surface area contributed by atoms with Crippen molar-refractivity contribution in [3.63, 3.8) is 0 Å². The second kappa shape index (κ2) is 5.80. The van der Waals surface area contributed by atoms with Gasteiger partial charge in [-0.3, -0.25) is 4.79 Å². The maximum atomic E-state index is 12.7. The van der Waals surface area contributed by atoms with Gasteiger partial charge in [0, 0.05) is 24.4 Å². The quantitative estimate of drug-likeness (QED) is 0.926. The molecule has 0 bridgehead atoms. The van der Waals surface area contributed by atoms with Gasteiger partial charge in [0.2, 0.25) is 5.91 Å². The number of carbonyl (C=O) groups excluding carboxylic acids is 1. The molecular weight excluding hydrogens is 260 g/mol. The summed E-state index contributed by atoms with van der Waals surface area (Å²) in [4.78, 5) is 14.9. The third-order valence-corrected chi connectivity index (χ3v) is 5.40. The molecule has 3 rings (SSSR count).